The molecule has 3 aliphatic rings. The van der Waals surface area contributed by atoms with Crippen LogP contribution in [0.1, 0.15) is 96.3 Å². The van der Waals surface area contributed by atoms with E-state index in [1.165, 1.54) is 63.9 Å². The van der Waals surface area contributed by atoms with E-state index in [1.54, 1.807) is 38.5 Å². The van der Waals surface area contributed by atoms with Crippen molar-refractivity contribution in [1.82, 2.24) is 0 Å². The molecule has 37 heavy (non-hydrogen) atoms. The Kier molecular flexibility index (Phi) is 16.8. The zero-order valence-electron chi connectivity index (χ0n) is 21.0. The molecule has 0 aliphatic heterocycles. The van der Waals surface area contributed by atoms with Gasteiger partial charge in [0.1, 0.15) is 11.9 Å². The monoisotopic (exact) mass is 654 g/mol. The largest absolute Gasteiger partial charge is 2.00 e. The Morgan fingerprint density at radius 2 is 0.865 bits per heavy atom. The molecule has 0 aromatic heterocycles. The molecule has 220 valence electrons. The van der Waals surface area contributed by atoms with Crippen LogP contribution in [-0.2, 0) is 30.0 Å². The van der Waals surface area contributed by atoms with Gasteiger partial charge in [-0.1, -0.05) is 0 Å². The molecule has 0 radical (unpaired) electrons. The molecule has 3 rings (SSSR count). The fourth-order valence-electron chi connectivity index (χ4n) is 6.67. The van der Waals surface area contributed by atoms with Crippen molar-refractivity contribution < 1.29 is 66.6 Å². The second-order valence-electron chi connectivity index (χ2n) is 10.2. The Morgan fingerprint density at radius 3 is 1.03 bits per heavy atom. The number of rotatable bonds is 5. The number of carbonyl (C=O) groups excluding carboxylic acids is 2. The van der Waals surface area contributed by atoms with E-state index < -0.39 is 31.6 Å². The average Bonchev–Trinajstić information content (AvgIpc) is 2.84. The van der Waals surface area contributed by atoms with Crippen molar-refractivity contribution in [2.45, 2.75) is 126 Å². The minimum atomic E-state index is -5.19. The van der Waals surface area contributed by atoms with Crippen LogP contribution in [0, 0.1) is 0 Å². The first-order valence-electron chi connectivity index (χ1n) is 12.9. The number of carboxylic acid groups (broad SMARTS) is 2. The van der Waals surface area contributed by atoms with Crippen LogP contribution in [0.4, 0.5) is 26.3 Å². The van der Waals surface area contributed by atoms with Gasteiger partial charge in [-0.2, -0.15) is 26.3 Å². The van der Waals surface area contributed by atoms with E-state index in [0.717, 1.165) is 17.0 Å². The quantitative estimate of drug-likeness (QED) is 0.169. The third-order valence-electron chi connectivity index (χ3n) is 8.06. The molecule has 3 saturated carbocycles. The first kappa shape index (κ1) is 36.4. The van der Waals surface area contributed by atoms with Crippen molar-refractivity contribution in [1.29, 1.82) is 0 Å². The fourth-order valence-corrected chi connectivity index (χ4v) is 14.6. The molecule has 0 atom stereocenters. The van der Waals surface area contributed by atoms with Crippen LogP contribution in [-0.4, -0.2) is 47.4 Å². The van der Waals surface area contributed by atoms with Crippen LogP contribution in [0.3, 0.4) is 0 Å². The van der Waals surface area contributed by atoms with E-state index in [0.29, 0.717) is 0 Å². The summed E-state index contributed by atoms with van der Waals surface area (Å²) in [4.78, 5) is 17.6. The Balaban J connectivity index is 0.000000720. The molecule has 12 heteroatoms. The van der Waals surface area contributed by atoms with E-state index >= 15 is 0 Å². The smallest absolute Gasteiger partial charge is 0.542 e. The number of halogens is 6. The van der Waals surface area contributed by atoms with Gasteiger partial charge in [-0.25, -0.2) is 0 Å². The molecule has 3 aliphatic carbocycles. The van der Waals surface area contributed by atoms with Crippen LogP contribution < -0.4 is 10.2 Å². The number of alkyl halides is 6. The molecular weight excluding hydrogens is 616 g/mol. The first-order valence-corrected chi connectivity index (χ1v) is 15.4. The number of carboxylic acids is 2. The van der Waals surface area contributed by atoms with Crippen molar-refractivity contribution in [3.05, 3.63) is 12.7 Å². The van der Waals surface area contributed by atoms with Gasteiger partial charge in [-0.05, 0) is 0 Å². The number of carbonyl (C=O) groups is 2. The van der Waals surface area contributed by atoms with Crippen LogP contribution in [0.5, 0.6) is 0 Å². The van der Waals surface area contributed by atoms with Gasteiger partial charge in [0, 0.05) is 0 Å². The summed E-state index contributed by atoms with van der Waals surface area (Å²) in [6, 6.07) is 0. The molecule has 0 bridgehead atoms. The average molecular weight is 655 g/mol. The van der Waals surface area contributed by atoms with E-state index in [2.05, 4.69) is 12.7 Å². The summed E-state index contributed by atoms with van der Waals surface area (Å²) in [6.07, 6.45) is 16.8. The van der Waals surface area contributed by atoms with Gasteiger partial charge < -0.3 is 19.8 Å². The van der Waals surface area contributed by atoms with Crippen LogP contribution in [0.25, 0.3) is 0 Å². The van der Waals surface area contributed by atoms with Crippen LogP contribution in [0.2, 0.25) is 0 Å². The van der Waals surface area contributed by atoms with E-state index in [-0.39, 0.29) is 20.4 Å². The topological polar surface area (TPSA) is 80.3 Å². The molecule has 0 amide bonds. The van der Waals surface area contributed by atoms with Gasteiger partial charge >= 0.3 is 172 Å². The molecule has 0 spiro atoms. The van der Waals surface area contributed by atoms with Crippen LogP contribution >= 0.6 is 7.26 Å². The van der Waals surface area contributed by atoms with Crippen molar-refractivity contribution in [2.24, 2.45) is 0 Å². The molecule has 0 aromatic rings. The molecule has 0 unspecified atom stereocenters. The standard InChI is InChI=1S/C21H39P.2C2HF3O2.Pd/c1-2-18-22(19-12-6-3-7-13-19,20-14-8-4-9-15-20)21-16-10-5-11-17-21;2*3-2(4,5)1(6)7;/h2,19-22H,1,3-18H2;2*(H,6,7);/q;;;+2/p-2. The Hall–Kier alpha value is -0.648. The maximum atomic E-state index is 10.5. The number of hydrogen-bond acceptors (Lipinski definition) is 4. The van der Waals surface area contributed by atoms with Crippen molar-refractivity contribution in [3.63, 3.8) is 0 Å². The van der Waals surface area contributed by atoms with E-state index in [1.807, 2.05) is 0 Å². The summed E-state index contributed by atoms with van der Waals surface area (Å²) in [5, 5.41) is 17.6. The van der Waals surface area contributed by atoms with Crippen molar-refractivity contribution >= 4 is 19.2 Å². The molecular formula is C25H39F6O4PPd. The third-order valence-corrected chi connectivity index (χ3v) is 15.3. The fraction of sp³-hybridized carbons (Fsp3) is 0.840. The van der Waals surface area contributed by atoms with Gasteiger partial charge in [0.2, 0.25) is 0 Å². The summed E-state index contributed by atoms with van der Waals surface area (Å²) in [7, 11) is -1.21. The zero-order valence-corrected chi connectivity index (χ0v) is 23.6. The minimum Gasteiger partial charge on any atom is -0.542 e. The zero-order chi connectivity index (χ0) is 27.4. The number of aliphatic carboxylic acids is 2. The first-order chi connectivity index (χ1) is 16.8. The molecule has 3 fully saturated rings. The van der Waals surface area contributed by atoms with E-state index in [4.69, 9.17) is 19.8 Å². The van der Waals surface area contributed by atoms with Gasteiger partial charge in [0.15, 0.2) is 0 Å². The maximum Gasteiger partial charge on any atom is 2.00 e. The van der Waals surface area contributed by atoms with Crippen molar-refractivity contribution in [3.8, 4) is 0 Å². The summed E-state index contributed by atoms with van der Waals surface area (Å²) in [6.45, 7) is 4.26. The van der Waals surface area contributed by atoms with Gasteiger partial charge in [0.05, 0.1) is 0 Å². The van der Waals surface area contributed by atoms with Crippen LogP contribution in [0.15, 0.2) is 12.7 Å². The van der Waals surface area contributed by atoms with Gasteiger partial charge in [-0.15, -0.1) is 0 Å². The maximum absolute atomic E-state index is 10.5. The summed E-state index contributed by atoms with van der Waals surface area (Å²) >= 11 is 0. The molecule has 0 saturated heterocycles. The van der Waals surface area contributed by atoms with E-state index in [9.17, 15) is 26.3 Å². The summed E-state index contributed by atoms with van der Waals surface area (Å²) in [5.74, 6) is -6.01. The Morgan fingerprint density at radius 1 is 0.649 bits per heavy atom. The predicted molar refractivity (Wildman–Crippen MR) is 126 cm³/mol. The Labute approximate surface area is 230 Å². The molecule has 0 aromatic carbocycles. The second-order valence-corrected chi connectivity index (χ2v) is 15.3. The molecule has 4 nitrogen and oxygen atoms in total. The number of hydrogen-bond donors (Lipinski definition) is 0. The minimum absolute atomic E-state index is 0. The Bertz CT molecular complexity index is 614. The number of allylic oxidation sites excluding steroid dienone is 1. The summed E-state index contributed by atoms with van der Waals surface area (Å²) in [5.41, 5.74) is 3.47. The van der Waals surface area contributed by atoms with Crippen molar-refractivity contribution in [2.75, 3.05) is 6.16 Å². The third kappa shape index (κ3) is 12.0. The van der Waals surface area contributed by atoms with Gasteiger partial charge in [0.25, 0.3) is 0 Å². The SMILES string of the molecule is C=CC[PH](C1CCCCC1)(C1CCCCC1)C1CCCCC1.O=C([O-])C(F)(F)F.O=C([O-])C(F)(F)F.[Pd+2]. The second kappa shape index (κ2) is 17.1. The summed E-state index contributed by atoms with van der Waals surface area (Å²) < 4.78 is 63.1. The molecule has 0 N–H and O–H groups in total. The molecule has 0 heterocycles. The predicted octanol–water partition coefficient (Wildman–Crippen LogP) is 5.52. The normalized spacial score (nSPS) is 20.7. The van der Waals surface area contributed by atoms with Gasteiger partial charge in [-0.3, -0.25) is 0 Å².